The Morgan fingerprint density at radius 2 is 1.92 bits per heavy atom. The maximum absolute atomic E-state index is 12.2. The van der Waals surface area contributed by atoms with Crippen LogP contribution in [0.15, 0.2) is 48.5 Å². The highest BCUT2D eigenvalue weighted by Crippen LogP contribution is 2.30. The second kappa shape index (κ2) is 7.73. The average Bonchev–Trinajstić information content (AvgIpc) is 2.65. The van der Waals surface area contributed by atoms with E-state index in [1.165, 1.54) is 0 Å². The molecule has 2 aromatic rings. The maximum Gasteiger partial charge on any atom is 0.264 e. The molecule has 1 unspecified atom stereocenters. The van der Waals surface area contributed by atoms with E-state index in [9.17, 15) is 4.79 Å². The van der Waals surface area contributed by atoms with E-state index in [-0.39, 0.29) is 12.5 Å². The Balaban J connectivity index is 1.45. The van der Waals surface area contributed by atoms with Crippen molar-refractivity contribution in [3.8, 4) is 17.2 Å². The molecule has 2 aromatic carbocycles. The zero-order valence-corrected chi connectivity index (χ0v) is 13.7. The lowest BCUT2D eigenvalue weighted by atomic mass is 10.1. The van der Waals surface area contributed by atoms with Gasteiger partial charge in [-0.15, -0.1) is 0 Å². The predicted molar refractivity (Wildman–Crippen MR) is 90.7 cm³/mol. The van der Waals surface area contributed by atoms with Crippen molar-refractivity contribution < 1.29 is 19.0 Å². The van der Waals surface area contributed by atoms with Crippen molar-refractivity contribution in [1.82, 2.24) is 5.32 Å². The SMILES string of the molecule is COc1ccccc1CCCNC(=O)C1COc2ccccc2O1. The molecule has 3 rings (SSSR count). The number of hydrogen-bond donors (Lipinski definition) is 1. The number of rotatable bonds is 6. The van der Waals surface area contributed by atoms with Crippen LogP contribution < -0.4 is 19.5 Å². The van der Waals surface area contributed by atoms with Crippen molar-refractivity contribution in [3.05, 3.63) is 54.1 Å². The molecule has 1 heterocycles. The Bertz CT molecular complexity index is 701. The first-order chi connectivity index (χ1) is 11.8. The second-order valence-electron chi connectivity index (χ2n) is 5.57. The number of aryl methyl sites for hydroxylation is 1. The van der Waals surface area contributed by atoms with Crippen LogP contribution in [0, 0.1) is 0 Å². The Morgan fingerprint density at radius 3 is 2.75 bits per heavy atom. The van der Waals surface area contributed by atoms with Crippen LogP contribution in [0.25, 0.3) is 0 Å². The van der Waals surface area contributed by atoms with E-state index in [2.05, 4.69) is 5.32 Å². The molecule has 0 saturated heterocycles. The fourth-order valence-corrected chi connectivity index (χ4v) is 2.66. The van der Waals surface area contributed by atoms with E-state index in [0.29, 0.717) is 18.0 Å². The summed E-state index contributed by atoms with van der Waals surface area (Å²) in [5, 5.41) is 2.91. The van der Waals surface area contributed by atoms with E-state index >= 15 is 0 Å². The number of fused-ring (bicyclic) bond motifs is 1. The van der Waals surface area contributed by atoms with Gasteiger partial charge in [-0.2, -0.15) is 0 Å². The number of carbonyl (C=O) groups excluding carboxylic acids is 1. The molecule has 1 amide bonds. The normalized spacial score (nSPS) is 15.6. The maximum atomic E-state index is 12.2. The quantitative estimate of drug-likeness (QED) is 0.829. The number of carbonyl (C=O) groups is 1. The number of ether oxygens (including phenoxy) is 3. The number of nitrogens with one attached hydrogen (secondary N) is 1. The number of para-hydroxylation sites is 3. The molecule has 0 radical (unpaired) electrons. The summed E-state index contributed by atoms with van der Waals surface area (Å²) in [4.78, 5) is 12.2. The Kier molecular flexibility index (Phi) is 5.21. The first kappa shape index (κ1) is 16.2. The van der Waals surface area contributed by atoms with E-state index in [1.54, 1.807) is 13.2 Å². The van der Waals surface area contributed by atoms with Crippen LogP contribution in [0.3, 0.4) is 0 Å². The van der Waals surface area contributed by atoms with Gasteiger partial charge in [-0.1, -0.05) is 30.3 Å². The van der Waals surface area contributed by atoms with Crippen LogP contribution in [0.5, 0.6) is 17.2 Å². The van der Waals surface area contributed by atoms with Gasteiger partial charge in [0.15, 0.2) is 11.5 Å². The molecule has 5 nitrogen and oxygen atoms in total. The fourth-order valence-electron chi connectivity index (χ4n) is 2.66. The molecule has 0 fully saturated rings. The summed E-state index contributed by atoms with van der Waals surface area (Å²) >= 11 is 0. The van der Waals surface area contributed by atoms with Gasteiger partial charge in [0, 0.05) is 6.54 Å². The number of amides is 1. The molecule has 0 aromatic heterocycles. The monoisotopic (exact) mass is 327 g/mol. The Labute approximate surface area is 141 Å². The average molecular weight is 327 g/mol. The molecule has 0 spiro atoms. The largest absolute Gasteiger partial charge is 0.496 e. The third-order valence-electron chi connectivity index (χ3n) is 3.92. The Hall–Kier alpha value is -2.69. The number of hydrogen-bond acceptors (Lipinski definition) is 4. The minimum absolute atomic E-state index is 0.149. The summed E-state index contributed by atoms with van der Waals surface area (Å²) in [5.41, 5.74) is 1.14. The van der Waals surface area contributed by atoms with Gasteiger partial charge in [0.1, 0.15) is 12.4 Å². The summed E-state index contributed by atoms with van der Waals surface area (Å²) in [6.45, 7) is 0.813. The first-order valence-electron chi connectivity index (χ1n) is 8.06. The fraction of sp³-hybridized carbons (Fsp3) is 0.316. The van der Waals surface area contributed by atoms with Crippen molar-refractivity contribution in [1.29, 1.82) is 0 Å². The molecule has 1 N–H and O–H groups in total. The van der Waals surface area contributed by atoms with Crippen LogP contribution in [0.1, 0.15) is 12.0 Å². The van der Waals surface area contributed by atoms with Crippen LogP contribution in [0.2, 0.25) is 0 Å². The molecule has 0 aliphatic carbocycles. The van der Waals surface area contributed by atoms with Gasteiger partial charge in [-0.25, -0.2) is 0 Å². The minimum atomic E-state index is -0.605. The van der Waals surface area contributed by atoms with Crippen molar-refractivity contribution >= 4 is 5.91 Å². The highest BCUT2D eigenvalue weighted by Gasteiger charge is 2.26. The molecule has 0 saturated carbocycles. The van der Waals surface area contributed by atoms with Crippen LogP contribution in [-0.2, 0) is 11.2 Å². The number of benzene rings is 2. The molecule has 0 bridgehead atoms. The van der Waals surface area contributed by atoms with E-state index < -0.39 is 6.10 Å². The minimum Gasteiger partial charge on any atom is -0.496 e. The lowest BCUT2D eigenvalue weighted by Gasteiger charge is -2.25. The zero-order chi connectivity index (χ0) is 16.8. The van der Waals surface area contributed by atoms with Crippen molar-refractivity contribution in [2.45, 2.75) is 18.9 Å². The van der Waals surface area contributed by atoms with Crippen LogP contribution in [-0.4, -0.2) is 32.3 Å². The summed E-state index contributed by atoms with van der Waals surface area (Å²) in [6, 6.07) is 15.3. The summed E-state index contributed by atoms with van der Waals surface area (Å²) < 4.78 is 16.6. The van der Waals surface area contributed by atoms with Crippen LogP contribution >= 0.6 is 0 Å². The standard InChI is InChI=1S/C19H21NO4/c1-22-15-9-3-2-7-14(15)8-6-12-20-19(21)18-13-23-16-10-4-5-11-17(16)24-18/h2-5,7,9-11,18H,6,8,12-13H2,1H3,(H,20,21). The number of methoxy groups -OCH3 is 1. The summed E-state index contributed by atoms with van der Waals surface area (Å²) in [7, 11) is 1.67. The third-order valence-corrected chi connectivity index (χ3v) is 3.92. The van der Waals surface area contributed by atoms with Crippen molar-refractivity contribution in [2.24, 2.45) is 0 Å². The van der Waals surface area contributed by atoms with E-state index in [4.69, 9.17) is 14.2 Å². The van der Waals surface area contributed by atoms with Gasteiger partial charge in [-0.05, 0) is 36.6 Å². The van der Waals surface area contributed by atoms with Gasteiger partial charge >= 0.3 is 0 Å². The molecule has 5 heteroatoms. The molecular weight excluding hydrogens is 306 g/mol. The molecular formula is C19H21NO4. The Morgan fingerprint density at radius 1 is 1.17 bits per heavy atom. The predicted octanol–water partition coefficient (Wildman–Crippen LogP) is 2.58. The molecule has 1 aliphatic heterocycles. The van der Waals surface area contributed by atoms with Gasteiger partial charge < -0.3 is 19.5 Å². The molecule has 126 valence electrons. The highest BCUT2D eigenvalue weighted by molar-refractivity contribution is 5.81. The third kappa shape index (κ3) is 3.79. The van der Waals surface area contributed by atoms with E-state index in [1.807, 2.05) is 42.5 Å². The molecule has 24 heavy (non-hydrogen) atoms. The van der Waals surface area contributed by atoms with Gasteiger partial charge in [0.25, 0.3) is 5.91 Å². The van der Waals surface area contributed by atoms with Gasteiger partial charge in [0.2, 0.25) is 6.10 Å². The first-order valence-corrected chi connectivity index (χ1v) is 8.06. The zero-order valence-electron chi connectivity index (χ0n) is 13.7. The van der Waals surface area contributed by atoms with Crippen LogP contribution in [0.4, 0.5) is 0 Å². The van der Waals surface area contributed by atoms with Gasteiger partial charge in [0.05, 0.1) is 7.11 Å². The lowest BCUT2D eigenvalue weighted by Crippen LogP contribution is -2.44. The lowest BCUT2D eigenvalue weighted by molar-refractivity contribution is -0.130. The summed E-state index contributed by atoms with van der Waals surface area (Å²) in [5.74, 6) is 2.02. The molecule has 1 aliphatic rings. The van der Waals surface area contributed by atoms with Gasteiger partial charge in [-0.3, -0.25) is 4.79 Å². The van der Waals surface area contributed by atoms with E-state index in [0.717, 1.165) is 24.2 Å². The summed E-state index contributed by atoms with van der Waals surface area (Å²) in [6.07, 6.45) is 1.07. The highest BCUT2D eigenvalue weighted by atomic mass is 16.6. The van der Waals surface area contributed by atoms with Crippen molar-refractivity contribution in [2.75, 3.05) is 20.3 Å². The van der Waals surface area contributed by atoms with Crippen molar-refractivity contribution in [3.63, 3.8) is 0 Å². The molecule has 1 atom stereocenters. The second-order valence-corrected chi connectivity index (χ2v) is 5.57. The topological polar surface area (TPSA) is 56.8 Å². The smallest absolute Gasteiger partial charge is 0.264 e.